The Bertz CT molecular complexity index is 754. The maximum Gasteiger partial charge on any atom is 0.208 e. The second kappa shape index (κ2) is 8.85. The summed E-state index contributed by atoms with van der Waals surface area (Å²) in [6.45, 7) is 5.58. The fourth-order valence-electron chi connectivity index (χ4n) is 2.03. The molecular weight excluding hydrogens is 445 g/mol. The Morgan fingerprint density at radius 2 is 2.00 bits per heavy atom. The molecule has 0 N–H and O–H groups in total. The molecule has 0 amide bonds. The molecule has 0 spiro atoms. The maximum atomic E-state index is 14.3. The van der Waals surface area contributed by atoms with Crippen molar-refractivity contribution >= 4 is 15.9 Å². The molecule has 0 atom stereocenters. The predicted molar refractivity (Wildman–Crippen MR) is 84.0 cm³/mol. The Kier molecular flexibility index (Phi) is 7.77. The quantitative estimate of drug-likeness (QED) is 0.503. The molecule has 0 saturated carbocycles. The van der Waals surface area contributed by atoms with E-state index in [2.05, 4.69) is 28.6 Å². The van der Waals surface area contributed by atoms with Crippen LogP contribution in [0.3, 0.4) is 0 Å². The zero-order valence-corrected chi connectivity index (χ0v) is 16.8. The maximum absolute atomic E-state index is 14.3. The molecule has 7 heteroatoms. The minimum atomic E-state index is -0.820. The van der Waals surface area contributed by atoms with Crippen molar-refractivity contribution in [2.75, 3.05) is 6.61 Å². The fraction of sp³-hybridized carbons (Fsp3) is 0.188. The van der Waals surface area contributed by atoms with Crippen LogP contribution in [0.25, 0.3) is 11.3 Å². The first kappa shape index (κ1) is 20.2. The Morgan fingerprint density at radius 1 is 1.39 bits per heavy atom. The minimum Gasteiger partial charge on any atom is -0.489 e. The molecule has 1 heterocycles. The van der Waals surface area contributed by atoms with Gasteiger partial charge in [0.15, 0.2) is 0 Å². The number of pyridine rings is 1. The average Bonchev–Trinajstić information content (AvgIpc) is 2.48. The van der Waals surface area contributed by atoms with Gasteiger partial charge in [-0.25, -0.2) is 8.78 Å². The van der Waals surface area contributed by atoms with Crippen LogP contribution in [0.15, 0.2) is 40.1 Å². The van der Waals surface area contributed by atoms with E-state index in [1.54, 1.807) is 6.92 Å². The smallest absolute Gasteiger partial charge is 0.208 e. The molecule has 1 aromatic heterocycles. The van der Waals surface area contributed by atoms with Crippen molar-refractivity contribution in [3.05, 3.63) is 63.4 Å². The van der Waals surface area contributed by atoms with Crippen molar-refractivity contribution in [3.8, 4) is 17.0 Å². The summed E-state index contributed by atoms with van der Waals surface area (Å²) in [5, 5.41) is 0. The zero-order chi connectivity index (χ0) is 16.3. The Morgan fingerprint density at radius 3 is 2.52 bits per heavy atom. The Hall–Kier alpha value is -0.846. The third kappa shape index (κ3) is 4.37. The predicted octanol–water partition coefficient (Wildman–Crippen LogP) is 3.94. The van der Waals surface area contributed by atoms with Crippen molar-refractivity contribution in [2.45, 2.75) is 13.5 Å². The van der Waals surface area contributed by atoms with Gasteiger partial charge in [-0.1, -0.05) is 18.3 Å². The van der Waals surface area contributed by atoms with Crippen molar-refractivity contribution in [3.63, 3.8) is 0 Å². The molecule has 0 aliphatic heterocycles. The molecule has 1 radical (unpaired) electrons. The van der Waals surface area contributed by atoms with Gasteiger partial charge in [0.2, 0.25) is 5.56 Å². The number of benzene rings is 1. The largest absolute Gasteiger partial charge is 0.489 e. The summed E-state index contributed by atoms with van der Waals surface area (Å²) in [4.78, 5) is 12.0. The van der Waals surface area contributed by atoms with Gasteiger partial charge in [0, 0.05) is 51.4 Å². The first-order valence-electron chi connectivity index (χ1n) is 6.53. The van der Waals surface area contributed by atoms with Crippen LogP contribution in [-0.2, 0) is 39.3 Å². The molecular formula is C16H13BrF2NO2Y-. The van der Waals surface area contributed by atoms with Gasteiger partial charge in [0.25, 0.3) is 0 Å². The fourth-order valence-corrected chi connectivity index (χ4v) is 2.35. The van der Waals surface area contributed by atoms with Gasteiger partial charge in [-0.05, 0) is 17.0 Å². The normalized spacial score (nSPS) is 10.1. The van der Waals surface area contributed by atoms with Crippen molar-refractivity contribution in [1.29, 1.82) is 0 Å². The second-order valence-electron chi connectivity index (χ2n) is 4.40. The van der Waals surface area contributed by atoms with Crippen LogP contribution < -0.4 is 10.3 Å². The molecule has 0 fully saturated rings. The van der Waals surface area contributed by atoms with Crippen LogP contribution in [0.5, 0.6) is 5.75 Å². The van der Waals surface area contributed by atoms with Gasteiger partial charge < -0.3 is 9.30 Å². The zero-order valence-electron chi connectivity index (χ0n) is 12.4. The molecule has 1 aromatic carbocycles. The molecule has 2 aromatic rings. The van der Waals surface area contributed by atoms with E-state index in [1.807, 2.05) is 0 Å². The Labute approximate surface area is 166 Å². The molecule has 0 aliphatic rings. The van der Waals surface area contributed by atoms with Crippen molar-refractivity contribution in [1.82, 2.24) is 4.57 Å². The van der Waals surface area contributed by atoms with Gasteiger partial charge >= 0.3 is 0 Å². The number of nitrogens with zero attached hydrogens (tertiary/aromatic N) is 1. The Balaban J connectivity index is 0.00000264. The van der Waals surface area contributed by atoms with E-state index in [0.717, 1.165) is 12.1 Å². The molecule has 3 nitrogen and oxygen atoms in total. The van der Waals surface area contributed by atoms with Crippen LogP contribution >= 0.6 is 15.9 Å². The average molecular weight is 458 g/mol. The van der Waals surface area contributed by atoms with E-state index < -0.39 is 11.6 Å². The third-order valence-electron chi connectivity index (χ3n) is 2.99. The molecule has 2 rings (SSSR count). The van der Waals surface area contributed by atoms with E-state index in [-0.39, 0.29) is 72.9 Å². The van der Waals surface area contributed by atoms with Crippen molar-refractivity contribution < 1.29 is 46.2 Å². The first-order chi connectivity index (χ1) is 10.5. The summed E-state index contributed by atoms with van der Waals surface area (Å²) in [5.74, 6) is -1.58. The first-order valence-corrected chi connectivity index (χ1v) is 7.33. The summed E-state index contributed by atoms with van der Waals surface area (Å²) in [6, 6.07) is 6.23. The van der Waals surface area contributed by atoms with Crippen molar-refractivity contribution in [2.24, 2.45) is 0 Å². The summed E-state index contributed by atoms with van der Waals surface area (Å²) < 4.78 is 35.2. The van der Waals surface area contributed by atoms with Gasteiger partial charge in [0.05, 0.1) is 11.6 Å². The number of ether oxygens (including phenoxy) is 1. The van der Waals surface area contributed by atoms with E-state index in [0.29, 0.717) is 0 Å². The van der Waals surface area contributed by atoms with E-state index in [4.69, 9.17) is 4.74 Å². The molecule has 0 bridgehead atoms. The summed E-state index contributed by atoms with van der Waals surface area (Å²) in [7, 11) is 0. The third-order valence-corrected chi connectivity index (χ3v) is 3.56. The van der Waals surface area contributed by atoms with Gasteiger partial charge in [-0.15, -0.1) is 15.9 Å². The number of hydrogen-bond donors (Lipinski definition) is 0. The topological polar surface area (TPSA) is 31.2 Å². The van der Waals surface area contributed by atoms with Crippen LogP contribution in [0.4, 0.5) is 8.78 Å². The molecule has 0 unspecified atom stereocenters. The molecule has 23 heavy (non-hydrogen) atoms. The second-order valence-corrected chi connectivity index (χ2v) is 5.25. The van der Waals surface area contributed by atoms with E-state index >= 15 is 0 Å². The number of halogens is 3. The monoisotopic (exact) mass is 457 g/mol. The number of hydrogen-bond acceptors (Lipinski definition) is 2. The van der Waals surface area contributed by atoms with Gasteiger partial charge in [-0.3, -0.25) is 4.79 Å². The minimum absolute atomic E-state index is 0. The van der Waals surface area contributed by atoms with Gasteiger partial charge in [-0.2, -0.15) is 12.1 Å². The van der Waals surface area contributed by atoms with Crippen LogP contribution in [0, 0.1) is 17.7 Å². The van der Waals surface area contributed by atoms with E-state index in [9.17, 15) is 13.6 Å². The van der Waals surface area contributed by atoms with Crippen LogP contribution in [0.1, 0.15) is 6.92 Å². The standard InChI is InChI=1S/C16H13BrF2NO2.Y/c1-3-7-22-10-8-12(18)15(13(19)9-10)14-6-5-11(17)16(21)20(14)4-2;/h3,5,8-9H,1,4,7H2,2H3;/q-1;. The van der Waals surface area contributed by atoms with Crippen LogP contribution in [0.2, 0.25) is 0 Å². The molecule has 0 saturated heterocycles. The molecule has 119 valence electrons. The number of aromatic nitrogens is 1. The number of rotatable bonds is 5. The SMILES string of the molecule is C=CCOc1cc(F)c(-c2[c-]cc(Br)c(=O)n2CC)c(F)c1.[Y]. The van der Waals surface area contributed by atoms with E-state index in [1.165, 1.54) is 16.7 Å². The summed E-state index contributed by atoms with van der Waals surface area (Å²) >= 11 is 3.09. The summed E-state index contributed by atoms with van der Waals surface area (Å²) in [5.41, 5.74) is -0.625. The van der Waals surface area contributed by atoms with Gasteiger partial charge in [0.1, 0.15) is 12.4 Å². The summed E-state index contributed by atoms with van der Waals surface area (Å²) in [6.07, 6.45) is 1.47. The van der Waals surface area contributed by atoms with Crippen LogP contribution in [-0.4, -0.2) is 11.2 Å². The molecule has 0 aliphatic carbocycles.